The quantitative estimate of drug-likeness (QED) is 0.0748. The van der Waals surface area contributed by atoms with E-state index in [9.17, 15) is 19.2 Å². The molecule has 0 aromatic heterocycles. The molecule has 0 aliphatic rings. The first-order chi connectivity index (χ1) is 17.6. The standard InChI is InChI=1S/C25H52N8O4/c1-18(34)22(13-5-9-17-32-24(36)20(29)11-3-7-15-27)33-25(37)21(30)12-4-8-16-31-23(35)19(28)10-2-6-14-26/h19-22H,2-17,26-30H2,1H3,(H,31,35)(H,32,36)(H,33,37). The Balaban J connectivity index is 4.12. The highest BCUT2D eigenvalue weighted by Crippen LogP contribution is 2.05. The van der Waals surface area contributed by atoms with Crippen LogP contribution in [-0.4, -0.2) is 73.9 Å². The smallest absolute Gasteiger partial charge is 0.237 e. The number of amides is 3. The molecule has 0 aromatic rings. The molecule has 0 bridgehead atoms. The van der Waals surface area contributed by atoms with Gasteiger partial charge in [-0.1, -0.05) is 12.8 Å². The summed E-state index contributed by atoms with van der Waals surface area (Å²) in [4.78, 5) is 48.4. The van der Waals surface area contributed by atoms with Crippen LogP contribution in [-0.2, 0) is 19.2 Å². The van der Waals surface area contributed by atoms with Crippen LogP contribution in [0.5, 0.6) is 0 Å². The topological polar surface area (TPSA) is 234 Å². The Labute approximate surface area is 221 Å². The highest BCUT2D eigenvalue weighted by Gasteiger charge is 2.21. The predicted octanol–water partition coefficient (Wildman–Crippen LogP) is -1.13. The van der Waals surface area contributed by atoms with Gasteiger partial charge in [0.15, 0.2) is 5.78 Å². The van der Waals surface area contributed by atoms with Gasteiger partial charge in [0.1, 0.15) is 0 Å². The van der Waals surface area contributed by atoms with Gasteiger partial charge in [-0.2, -0.15) is 0 Å². The van der Waals surface area contributed by atoms with Crippen LogP contribution >= 0.6 is 0 Å². The predicted molar refractivity (Wildman–Crippen MR) is 146 cm³/mol. The molecule has 4 unspecified atom stereocenters. The molecule has 12 heteroatoms. The average Bonchev–Trinajstić information content (AvgIpc) is 2.86. The van der Waals surface area contributed by atoms with Crippen molar-refractivity contribution >= 4 is 23.5 Å². The van der Waals surface area contributed by atoms with E-state index in [0.717, 1.165) is 25.7 Å². The van der Waals surface area contributed by atoms with E-state index in [0.29, 0.717) is 77.5 Å². The molecule has 37 heavy (non-hydrogen) atoms. The van der Waals surface area contributed by atoms with Gasteiger partial charge >= 0.3 is 0 Å². The van der Waals surface area contributed by atoms with Gasteiger partial charge in [-0.05, 0) is 84.2 Å². The van der Waals surface area contributed by atoms with Crippen molar-refractivity contribution in [2.24, 2.45) is 28.7 Å². The van der Waals surface area contributed by atoms with Gasteiger partial charge < -0.3 is 44.6 Å². The van der Waals surface area contributed by atoms with Crippen LogP contribution in [0.15, 0.2) is 0 Å². The van der Waals surface area contributed by atoms with Crippen LogP contribution in [0.2, 0.25) is 0 Å². The van der Waals surface area contributed by atoms with Gasteiger partial charge in [0, 0.05) is 13.1 Å². The normalized spacial score (nSPS) is 14.3. The van der Waals surface area contributed by atoms with Gasteiger partial charge in [0.2, 0.25) is 17.7 Å². The van der Waals surface area contributed by atoms with E-state index in [1.54, 1.807) is 0 Å². The lowest BCUT2D eigenvalue weighted by atomic mass is 10.0. The third-order valence-electron chi connectivity index (χ3n) is 6.22. The van der Waals surface area contributed by atoms with E-state index in [1.165, 1.54) is 6.92 Å². The molecule has 0 saturated carbocycles. The summed E-state index contributed by atoms with van der Waals surface area (Å²) in [6, 6.07) is -2.44. The first-order valence-electron chi connectivity index (χ1n) is 13.7. The summed E-state index contributed by atoms with van der Waals surface area (Å²) in [6.45, 7) is 3.52. The zero-order valence-corrected chi connectivity index (χ0v) is 22.6. The van der Waals surface area contributed by atoms with Crippen LogP contribution in [0.4, 0.5) is 0 Å². The van der Waals surface area contributed by atoms with Crippen molar-refractivity contribution in [3.63, 3.8) is 0 Å². The summed E-state index contributed by atoms with van der Waals surface area (Å²) in [7, 11) is 0. The molecule has 12 nitrogen and oxygen atoms in total. The molecular formula is C25H52N8O4. The first kappa shape index (κ1) is 34.9. The number of nitrogens with one attached hydrogen (secondary N) is 3. The lowest BCUT2D eigenvalue weighted by molar-refractivity contribution is -0.128. The Bertz CT molecular complexity index is 665. The lowest BCUT2D eigenvalue weighted by Crippen LogP contribution is -2.48. The van der Waals surface area contributed by atoms with Crippen molar-refractivity contribution in [3.05, 3.63) is 0 Å². The minimum atomic E-state index is -0.740. The van der Waals surface area contributed by atoms with Gasteiger partial charge in [-0.25, -0.2) is 0 Å². The van der Waals surface area contributed by atoms with E-state index < -0.39 is 24.2 Å². The molecule has 0 aromatic carbocycles. The number of hydrogen-bond donors (Lipinski definition) is 8. The number of unbranched alkanes of at least 4 members (excludes halogenated alkanes) is 4. The van der Waals surface area contributed by atoms with Gasteiger partial charge in [-0.15, -0.1) is 0 Å². The van der Waals surface area contributed by atoms with Crippen molar-refractivity contribution in [1.29, 1.82) is 0 Å². The Hall–Kier alpha value is -2.12. The maximum Gasteiger partial charge on any atom is 0.237 e. The molecular weight excluding hydrogens is 476 g/mol. The lowest BCUT2D eigenvalue weighted by Gasteiger charge is -2.19. The van der Waals surface area contributed by atoms with Crippen molar-refractivity contribution in [3.8, 4) is 0 Å². The van der Waals surface area contributed by atoms with E-state index in [1.807, 2.05) is 0 Å². The molecule has 0 saturated heterocycles. The number of ketones is 1. The summed E-state index contributed by atoms with van der Waals surface area (Å²) >= 11 is 0. The van der Waals surface area contributed by atoms with Crippen LogP contribution in [0, 0.1) is 0 Å². The molecule has 3 amide bonds. The highest BCUT2D eigenvalue weighted by atomic mass is 16.2. The summed E-state index contributed by atoms with van der Waals surface area (Å²) in [5.41, 5.74) is 28.6. The van der Waals surface area contributed by atoms with Crippen LogP contribution in [0.3, 0.4) is 0 Å². The fourth-order valence-corrected chi connectivity index (χ4v) is 3.71. The second-order valence-corrected chi connectivity index (χ2v) is 9.63. The fraction of sp³-hybridized carbons (Fsp3) is 0.840. The highest BCUT2D eigenvalue weighted by molar-refractivity contribution is 5.89. The molecule has 0 heterocycles. The Kier molecular flexibility index (Phi) is 20.7. The Morgan fingerprint density at radius 3 is 1.35 bits per heavy atom. The molecule has 0 radical (unpaired) electrons. The van der Waals surface area contributed by atoms with Gasteiger partial charge in [0.25, 0.3) is 0 Å². The first-order valence-corrected chi connectivity index (χ1v) is 13.7. The molecule has 0 rings (SSSR count). The number of carbonyl (C=O) groups excluding carboxylic acids is 4. The third-order valence-corrected chi connectivity index (χ3v) is 6.22. The SMILES string of the molecule is CC(=O)C(CCCCNC(=O)C(N)CCCCN)NC(=O)C(N)CCCCNC(=O)C(N)CCCCN. The van der Waals surface area contributed by atoms with Crippen molar-refractivity contribution < 1.29 is 19.2 Å². The number of nitrogens with two attached hydrogens (primary N) is 5. The third kappa shape index (κ3) is 17.9. The van der Waals surface area contributed by atoms with E-state index >= 15 is 0 Å². The minimum Gasteiger partial charge on any atom is -0.355 e. The van der Waals surface area contributed by atoms with Crippen molar-refractivity contribution in [2.75, 3.05) is 26.2 Å². The van der Waals surface area contributed by atoms with Crippen LogP contribution in [0.1, 0.15) is 84.0 Å². The molecule has 216 valence electrons. The van der Waals surface area contributed by atoms with Crippen LogP contribution < -0.4 is 44.6 Å². The zero-order chi connectivity index (χ0) is 28.1. The maximum atomic E-state index is 12.4. The zero-order valence-electron chi connectivity index (χ0n) is 22.6. The number of hydrogen-bond acceptors (Lipinski definition) is 9. The molecule has 0 fully saturated rings. The molecule has 0 aliphatic carbocycles. The summed E-state index contributed by atoms with van der Waals surface area (Å²) in [5.74, 6) is -0.891. The van der Waals surface area contributed by atoms with Crippen molar-refractivity contribution in [2.45, 2.75) is 108 Å². The second kappa shape index (κ2) is 21.9. The molecule has 0 aliphatic heterocycles. The van der Waals surface area contributed by atoms with Gasteiger partial charge in [-0.3, -0.25) is 19.2 Å². The van der Waals surface area contributed by atoms with Gasteiger partial charge in [0.05, 0.1) is 24.2 Å². The summed E-state index contributed by atoms with van der Waals surface area (Å²) in [5, 5.41) is 8.34. The average molecular weight is 529 g/mol. The second-order valence-electron chi connectivity index (χ2n) is 9.63. The van der Waals surface area contributed by atoms with Crippen LogP contribution in [0.25, 0.3) is 0 Å². The Morgan fingerprint density at radius 1 is 0.568 bits per heavy atom. The molecule has 0 spiro atoms. The van der Waals surface area contributed by atoms with E-state index in [4.69, 9.17) is 28.7 Å². The molecule has 13 N–H and O–H groups in total. The largest absolute Gasteiger partial charge is 0.355 e. The van der Waals surface area contributed by atoms with E-state index in [-0.39, 0.29) is 23.5 Å². The summed E-state index contributed by atoms with van der Waals surface area (Å²) in [6.07, 6.45) is 8.04. The number of rotatable bonds is 23. The fourth-order valence-electron chi connectivity index (χ4n) is 3.71. The summed E-state index contributed by atoms with van der Waals surface area (Å²) < 4.78 is 0. The minimum absolute atomic E-state index is 0.142. The molecule has 4 atom stereocenters. The Morgan fingerprint density at radius 2 is 0.946 bits per heavy atom. The number of Topliss-reactive ketones (excluding diaryl/α,β-unsaturated/α-hetero) is 1. The monoisotopic (exact) mass is 528 g/mol. The van der Waals surface area contributed by atoms with Crippen molar-refractivity contribution in [1.82, 2.24) is 16.0 Å². The maximum absolute atomic E-state index is 12.4. The number of carbonyl (C=O) groups is 4. The van der Waals surface area contributed by atoms with E-state index in [2.05, 4.69) is 16.0 Å².